The van der Waals surface area contributed by atoms with Crippen molar-refractivity contribution in [3.05, 3.63) is 34.0 Å². The molecule has 0 N–H and O–H groups in total. The maximum atomic E-state index is 9.98. The van der Waals surface area contributed by atoms with Crippen molar-refractivity contribution in [2.45, 2.75) is 0 Å². The highest BCUT2D eigenvalue weighted by Gasteiger charge is 2.00. The van der Waals surface area contributed by atoms with Gasteiger partial charge in [0.2, 0.25) is 4.80 Å². The van der Waals surface area contributed by atoms with E-state index >= 15 is 0 Å². The first-order valence-corrected chi connectivity index (χ1v) is 4.55. The Morgan fingerprint density at radius 2 is 2.15 bits per heavy atom. The van der Waals surface area contributed by atoms with Gasteiger partial charge in [-0.1, -0.05) is 28.6 Å². The molecule has 13 heavy (non-hydrogen) atoms. The summed E-state index contributed by atoms with van der Waals surface area (Å²) in [4.78, 5) is 10.6. The van der Waals surface area contributed by atoms with E-state index in [1.165, 1.54) is 11.3 Å². The summed E-state index contributed by atoms with van der Waals surface area (Å²) in [5.41, 5.74) is 1.06. The molecular formula is C8H7N3OS. The van der Waals surface area contributed by atoms with E-state index in [1.54, 1.807) is 0 Å². The van der Waals surface area contributed by atoms with Crippen LogP contribution in [0.5, 0.6) is 0 Å². The second kappa shape index (κ2) is 3.10. The quantitative estimate of drug-likeness (QED) is 0.503. The van der Waals surface area contributed by atoms with Gasteiger partial charge in [-0.05, 0) is 12.1 Å². The first kappa shape index (κ1) is 8.12. The standard InChI is InChI=1S/C8H7N3OS/c1-11-6-4-2-3-5-7(6)13-8(11)9-10-12/h2-5H,1H3. The summed E-state index contributed by atoms with van der Waals surface area (Å²) in [7, 11) is 1.86. The molecule has 2 aromatic rings. The van der Waals surface area contributed by atoms with Crippen LogP contribution >= 0.6 is 11.3 Å². The molecule has 5 heteroatoms. The summed E-state index contributed by atoms with van der Waals surface area (Å²) >= 11 is 1.45. The minimum Gasteiger partial charge on any atom is -0.318 e. The van der Waals surface area contributed by atoms with Crippen LogP contribution in [-0.4, -0.2) is 4.57 Å². The third-order valence-electron chi connectivity index (χ3n) is 1.84. The highest BCUT2D eigenvalue weighted by molar-refractivity contribution is 7.16. The van der Waals surface area contributed by atoms with Crippen molar-refractivity contribution in [3.8, 4) is 0 Å². The van der Waals surface area contributed by atoms with Crippen molar-refractivity contribution in [2.24, 2.45) is 17.4 Å². The Labute approximate surface area is 78.1 Å². The third-order valence-corrected chi connectivity index (χ3v) is 2.94. The zero-order valence-electron chi connectivity index (χ0n) is 6.97. The summed E-state index contributed by atoms with van der Waals surface area (Å²) in [6.45, 7) is 0. The van der Waals surface area contributed by atoms with Crippen LogP contribution in [0.15, 0.2) is 34.7 Å². The maximum absolute atomic E-state index is 9.98. The first-order chi connectivity index (χ1) is 6.33. The molecule has 0 aliphatic heterocycles. The van der Waals surface area contributed by atoms with E-state index in [9.17, 15) is 4.91 Å². The van der Waals surface area contributed by atoms with Crippen molar-refractivity contribution >= 4 is 21.6 Å². The molecule has 2 rings (SSSR count). The number of aromatic nitrogens is 1. The number of hydrogen-bond acceptors (Lipinski definition) is 3. The van der Waals surface area contributed by atoms with Crippen LogP contribution in [0.3, 0.4) is 0 Å². The van der Waals surface area contributed by atoms with Crippen LogP contribution in [0.25, 0.3) is 10.2 Å². The normalized spacial score (nSPS) is 12.2. The molecule has 1 aromatic heterocycles. The summed E-state index contributed by atoms with van der Waals surface area (Å²) in [6.07, 6.45) is 0. The van der Waals surface area contributed by atoms with E-state index in [0.717, 1.165) is 10.2 Å². The van der Waals surface area contributed by atoms with Crippen molar-refractivity contribution in [3.63, 3.8) is 0 Å². The lowest BCUT2D eigenvalue weighted by molar-refractivity contribution is 0.886. The Morgan fingerprint density at radius 3 is 2.85 bits per heavy atom. The number of nitrogens with zero attached hydrogens (tertiary/aromatic N) is 3. The Hall–Kier alpha value is -1.49. The summed E-state index contributed by atoms with van der Waals surface area (Å²) in [5, 5.41) is 6.02. The van der Waals surface area contributed by atoms with Crippen molar-refractivity contribution < 1.29 is 0 Å². The van der Waals surface area contributed by atoms with Crippen molar-refractivity contribution in [1.29, 1.82) is 0 Å². The third kappa shape index (κ3) is 1.27. The van der Waals surface area contributed by atoms with E-state index in [4.69, 9.17) is 0 Å². The summed E-state index contributed by atoms with van der Waals surface area (Å²) < 4.78 is 2.95. The molecule has 0 aliphatic rings. The molecule has 0 aliphatic carbocycles. The lowest BCUT2D eigenvalue weighted by atomic mass is 10.3. The largest absolute Gasteiger partial charge is 0.318 e. The molecule has 0 radical (unpaired) electrons. The number of nitroso groups, excluding NO2 is 1. The Kier molecular flexibility index (Phi) is 1.94. The lowest BCUT2D eigenvalue weighted by Crippen LogP contribution is -2.08. The fourth-order valence-corrected chi connectivity index (χ4v) is 2.18. The Morgan fingerprint density at radius 1 is 1.38 bits per heavy atom. The van der Waals surface area contributed by atoms with E-state index in [2.05, 4.69) is 10.4 Å². The molecule has 4 nitrogen and oxygen atoms in total. The minimum atomic E-state index is 0.621. The van der Waals surface area contributed by atoms with Gasteiger partial charge in [0.1, 0.15) is 0 Å². The number of para-hydroxylation sites is 1. The van der Waals surface area contributed by atoms with E-state index in [0.29, 0.717) is 4.80 Å². The Balaban J connectivity index is 2.89. The molecular weight excluding hydrogens is 186 g/mol. The minimum absolute atomic E-state index is 0.621. The fraction of sp³-hybridized carbons (Fsp3) is 0.125. The zero-order valence-corrected chi connectivity index (χ0v) is 7.78. The van der Waals surface area contributed by atoms with Crippen molar-refractivity contribution in [2.75, 3.05) is 0 Å². The van der Waals surface area contributed by atoms with Gasteiger partial charge in [-0.3, -0.25) is 0 Å². The molecule has 1 heterocycles. The second-order valence-electron chi connectivity index (χ2n) is 2.59. The van der Waals surface area contributed by atoms with E-state index in [-0.39, 0.29) is 0 Å². The van der Waals surface area contributed by atoms with Gasteiger partial charge in [0, 0.05) is 7.05 Å². The van der Waals surface area contributed by atoms with Gasteiger partial charge >= 0.3 is 0 Å². The predicted molar refractivity (Wildman–Crippen MR) is 52.2 cm³/mol. The molecule has 0 saturated carbocycles. The molecule has 0 saturated heterocycles. The molecule has 66 valence electrons. The van der Waals surface area contributed by atoms with Crippen LogP contribution < -0.4 is 4.80 Å². The number of thiazole rings is 1. The van der Waals surface area contributed by atoms with Crippen LogP contribution in [0.4, 0.5) is 0 Å². The smallest absolute Gasteiger partial charge is 0.214 e. The monoisotopic (exact) mass is 193 g/mol. The second-order valence-corrected chi connectivity index (χ2v) is 3.60. The molecule has 0 fully saturated rings. The molecule has 1 aromatic carbocycles. The zero-order chi connectivity index (χ0) is 9.26. The van der Waals surface area contributed by atoms with Gasteiger partial charge in [-0.2, -0.15) is 0 Å². The average Bonchev–Trinajstić information content (AvgIpc) is 2.46. The average molecular weight is 193 g/mol. The van der Waals surface area contributed by atoms with Crippen LogP contribution in [0, 0.1) is 4.91 Å². The number of aryl methyl sites for hydroxylation is 1. The topological polar surface area (TPSA) is 46.7 Å². The Bertz CT molecular complexity index is 511. The SMILES string of the molecule is Cn1c(=NN=O)sc2ccccc21. The van der Waals surface area contributed by atoms with E-state index < -0.39 is 0 Å². The molecule has 0 spiro atoms. The van der Waals surface area contributed by atoms with Crippen LogP contribution in [-0.2, 0) is 7.05 Å². The van der Waals surface area contributed by atoms with Gasteiger partial charge in [-0.25, -0.2) is 0 Å². The predicted octanol–water partition coefficient (Wildman–Crippen LogP) is 1.82. The lowest BCUT2D eigenvalue weighted by Gasteiger charge is -1.91. The van der Waals surface area contributed by atoms with E-state index in [1.807, 2.05) is 35.9 Å². The molecule has 0 atom stereocenters. The van der Waals surface area contributed by atoms with Crippen LogP contribution in [0.1, 0.15) is 0 Å². The summed E-state index contributed by atoms with van der Waals surface area (Å²) in [5.74, 6) is 0. The number of benzene rings is 1. The van der Waals surface area contributed by atoms with Crippen LogP contribution in [0.2, 0.25) is 0 Å². The molecule has 0 bridgehead atoms. The fourth-order valence-electron chi connectivity index (χ4n) is 1.21. The van der Waals surface area contributed by atoms with Gasteiger partial charge in [0.25, 0.3) is 0 Å². The summed E-state index contributed by atoms with van der Waals surface area (Å²) in [6, 6.07) is 7.88. The molecule has 0 unspecified atom stereocenters. The van der Waals surface area contributed by atoms with Gasteiger partial charge in [0.05, 0.1) is 15.5 Å². The van der Waals surface area contributed by atoms with Crippen molar-refractivity contribution in [1.82, 2.24) is 4.57 Å². The molecule has 0 amide bonds. The first-order valence-electron chi connectivity index (χ1n) is 3.74. The number of hydrogen-bond donors (Lipinski definition) is 0. The highest BCUT2D eigenvalue weighted by Crippen LogP contribution is 2.14. The number of fused-ring (bicyclic) bond motifs is 1. The maximum Gasteiger partial charge on any atom is 0.214 e. The van der Waals surface area contributed by atoms with Gasteiger partial charge in [-0.15, -0.1) is 4.91 Å². The number of rotatable bonds is 1. The van der Waals surface area contributed by atoms with Gasteiger partial charge < -0.3 is 4.57 Å². The highest BCUT2D eigenvalue weighted by atomic mass is 32.1. The van der Waals surface area contributed by atoms with Gasteiger partial charge in [0.15, 0.2) is 0 Å².